The molecule has 1 N–H and O–H groups in total. The second-order valence-corrected chi connectivity index (χ2v) is 6.69. The van der Waals surface area contributed by atoms with E-state index >= 15 is 0 Å². The van der Waals surface area contributed by atoms with Crippen molar-refractivity contribution in [1.82, 2.24) is 0 Å². The Morgan fingerprint density at radius 1 is 1.27 bits per heavy atom. The van der Waals surface area contributed by atoms with E-state index in [2.05, 4.69) is 12.6 Å². The number of rotatable bonds is 3. The summed E-state index contributed by atoms with van der Waals surface area (Å²) in [6, 6.07) is 5.37. The van der Waals surface area contributed by atoms with Gasteiger partial charge in [-0.3, -0.25) is 0 Å². The van der Waals surface area contributed by atoms with E-state index in [9.17, 15) is 18.0 Å². The van der Waals surface area contributed by atoms with Gasteiger partial charge in [0.1, 0.15) is 5.25 Å². The summed E-state index contributed by atoms with van der Waals surface area (Å²) in [6.07, 6.45) is -3.67. The maximum Gasteiger partial charge on any atom is 0.404 e. The summed E-state index contributed by atoms with van der Waals surface area (Å²) >= 11 is 3.42. The fourth-order valence-corrected chi connectivity index (χ4v) is 2.05. The first-order valence-corrected chi connectivity index (χ1v) is 7.16. The van der Waals surface area contributed by atoms with Gasteiger partial charge in [0, 0.05) is 0 Å². The van der Waals surface area contributed by atoms with Gasteiger partial charge in [-0.05, 0) is 35.1 Å². The van der Waals surface area contributed by atoms with Gasteiger partial charge in [-0.1, -0.05) is 39.0 Å². The molecular weight excluding hydrogens is 313 g/mol. The molecule has 0 radical (unpaired) electrons. The van der Waals surface area contributed by atoms with Gasteiger partial charge in [0.15, 0.2) is 0 Å². The predicted molar refractivity (Wildman–Crippen MR) is 84.3 cm³/mol. The van der Waals surface area contributed by atoms with E-state index in [1.165, 1.54) is 0 Å². The molecule has 0 aliphatic rings. The molecule has 0 aromatic heterocycles. The van der Waals surface area contributed by atoms with Gasteiger partial charge in [-0.25, -0.2) is 4.79 Å². The first kappa shape index (κ1) is 18.6. The summed E-state index contributed by atoms with van der Waals surface area (Å²) in [7, 11) is 0. The second-order valence-electron chi connectivity index (χ2n) is 6.17. The molecule has 0 saturated heterocycles. The van der Waals surface area contributed by atoms with Crippen LogP contribution in [-0.4, -0.2) is 22.5 Å². The lowest BCUT2D eigenvalue weighted by molar-refractivity contribution is -0.140. The van der Waals surface area contributed by atoms with Crippen LogP contribution in [0.15, 0.2) is 23.8 Å². The van der Waals surface area contributed by atoms with Crippen LogP contribution in [0.25, 0.3) is 6.08 Å². The van der Waals surface area contributed by atoms with Crippen LogP contribution in [0, 0.1) is 6.92 Å². The predicted octanol–water partition coefficient (Wildman–Crippen LogP) is 4.62. The minimum absolute atomic E-state index is 0.190. The summed E-state index contributed by atoms with van der Waals surface area (Å²) in [5, 5.41) is 6.74. The fourth-order valence-electron chi connectivity index (χ4n) is 1.86. The topological polar surface area (TPSA) is 37.3 Å². The van der Waals surface area contributed by atoms with Gasteiger partial charge in [-0.15, -0.1) is 0 Å². The van der Waals surface area contributed by atoms with Crippen molar-refractivity contribution in [1.29, 1.82) is 0 Å². The molecule has 0 spiro atoms. The average molecular weight is 332 g/mol. The number of carboxylic acid groups (broad SMARTS) is 1. The number of hydrogen-bond donors (Lipinski definition) is 2. The van der Waals surface area contributed by atoms with Crippen molar-refractivity contribution in [2.75, 3.05) is 0 Å². The first-order valence-electron chi connectivity index (χ1n) is 6.65. The Morgan fingerprint density at radius 3 is 2.23 bits per heavy atom. The van der Waals surface area contributed by atoms with E-state index < -0.39 is 23.0 Å². The van der Waals surface area contributed by atoms with Gasteiger partial charge < -0.3 is 5.11 Å². The Bertz CT molecular complexity index is 598. The van der Waals surface area contributed by atoms with Crippen LogP contribution in [-0.2, 0) is 10.2 Å². The van der Waals surface area contributed by atoms with Gasteiger partial charge in [0.05, 0.1) is 5.57 Å². The van der Waals surface area contributed by atoms with E-state index in [1.54, 1.807) is 19.1 Å². The minimum atomic E-state index is -4.72. The smallest absolute Gasteiger partial charge is 0.404 e. The van der Waals surface area contributed by atoms with Crippen LogP contribution in [0.1, 0.15) is 37.5 Å². The van der Waals surface area contributed by atoms with Crippen molar-refractivity contribution >= 4 is 24.7 Å². The maximum absolute atomic E-state index is 12.8. The Balaban J connectivity index is 3.42. The lowest BCUT2D eigenvalue weighted by Crippen LogP contribution is -2.29. The number of hydrogen-bond acceptors (Lipinski definition) is 2. The van der Waals surface area contributed by atoms with E-state index in [-0.39, 0.29) is 5.41 Å². The molecule has 0 bridgehead atoms. The number of aryl methyl sites for hydroxylation is 1. The molecule has 1 atom stereocenters. The third kappa shape index (κ3) is 4.53. The minimum Gasteiger partial charge on any atom is -0.478 e. The van der Waals surface area contributed by atoms with Gasteiger partial charge in [0.2, 0.25) is 0 Å². The van der Waals surface area contributed by atoms with Crippen LogP contribution < -0.4 is 0 Å². The number of carboxylic acids is 1. The first-order chi connectivity index (χ1) is 9.84. The molecule has 1 aromatic carbocycles. The van der Waals surface area contributed by atoms with Crippen LogP contribution in [0.5, 0.6) is 0 Å². The highest BCUT2D eigenvalue weighted by Crippen LogP contribution is 2.32. The van der Waals surface area contributed by atoms with Gasteiger partial charge >= 0.3 is 12.1 Å². The lowest BCUT2D eigenvalue weighted by atomic mass is 9.85. The standard InChI is InChI=1S/C16H19F3O2S/c1-9-5-6-11(15(2,3)4)7-10(9)8-12(14(20)21)13(22)16(17,18)19/h5-8,13,22H,1-4H3,(H,20,21)/b12-8+. The number of alkyl halides is 3. The number of aliphatic carboxylic acids is 1. The molecule has 0 saturated carbocycles. The zero-order valence-corrected chi connectivity index (χ0v) is 13.7. The Labute approximate surface area is 133 Å². The number of benzene rings is 1. The zero-order valence-electron chi connectivity index (χ0n) is 12.8. The Hall–Kier alpha value is -1.43. The third-order valence-corrected chi connectivity index (χ3v) is 3.88. The molecule has 0 amide bonds. The normalized spacial score (nSPS) is 14.8. The summed E-state index contributed by atoms with van der Waals surface area (Å²) in [5.74, 6) is -1.63. The molecule has 2 nitrogen and oxygen atoms in total. The molecule has 0 aliphatic carbocycles. The molecule has 122 valence electrons. The average Bonchev–Trinajstić information content (AvgIpc) is 2.34. The fraction of sp³-hybridized carbons (Fsp3) is 0.438. The van der Waals surface area contributed by atoms with Crippen molar-refractivity contribution in [3.8, 4) is 0 Å². The Kier molecular flexibility index (Phi) is 5.38. The maximum atomic E-state index is 12.8. The highest BCUT2D eigenvalue weighted by molar-refractivity contribution is 7.81. The highest BCUT2D eigenvalue weighted by atomic mass is 32.1. The Morgan fingerprint density at radius 2 is 1.82 bits per heavy atom. The van der Waals surface area contributed by atoms with E-state index in [1.807, 2.05) is 26.8 Å². The molecule has 0 fully saturated rings. The molecule has 6 heteroatoms. The number of carbonyl (C=O) groups is 1. The lowest BCUT2D eigenvalue weighted by Gasteiger charge is -2.21. The quantitative estimate of drug-likeness (QED) is 0.626. The second kappa shape index (κ2) is 6.36. The van der Waals surface area contributed by atoms with Gasteiger partial charge in [0.25, 0.3) is 0 Å². The van der Waals surface area contributed by atoms with E-state index in [0.717, 1.165) is 11.6 Å². The zero-order chi connectivity index (χ0) is 17.3. The molecule has 22 heavy (non-hydrogen) atoms. The van der Waals surface area contributed by atoms with Crippen molar-refractivity contribution in [2.24, 2.45) is 0 Å². The molecule has 0 aliphatic heterocycles. The molecule has 1 unspecified atom stereocenters. The van der Waals surface area contributed by atoms with Crippen molar-refractivity contribution in [2.45, 2.75) is 44.5 Å². The monoisotopic (exact) mass is 332 g/mol. The summed E-state index contributed by atoms with van der Waals surface area (Å²) in [6.45, 7) is 7.64. The van der Waals surface area contributed by atoms with Gasteiger partial charge in [-0.2, -0.15) is 25.8 Å². The third-order valence-electron chi connectivity index (χ3n) is 3.31. The number of halogens is 3. The van der Waals surface area contributed by atoms with Crippen molar-refractivity contribution in [3.63, 3.8) is 0 Å². The summed E-state index contributed by atoms with van der Waals surface area (Å²) in [4.78, 5) is 11.2. The molecule has 0 heterocycles. The molecule has 1 aromatic rings. The van der Waals surface area contributed by atoms with Crippen LogP contribution >= 0.6 is 12.6 Å². The van der Waals surface area contributed by atoms with E-state index in [0.29, 0.717) is 11.1 Å². The SMILES string of the molecule is Cc1ccc(C(C)(C)C)cc1/C=C(/C(=O)O)C(S)C(F)(F)F. The summed E-state index contributed by atoms with van der Waals surface area (Å²) < 4.78 is 38.3. The summed E-state index contributed by atoms with van der Waals surface area (Å²) in [5.41, 5.74) is 1.09. The van der Waals surface area contributed by atoms with E-state index in [4.69, 9.17) is 5.11 Å². The largest absolute Gasteiger partial charge is 0.478 e. The number of thiol groups is 1. The highest BCUT2D eigenvalue weighted by Gasteiger charge is 2.41. The van der Waals surface area contributed by atoms with Crippen LogP contribution in [0.2, 0.25) is 0 Å². The van der Waals surface area contributed by atoms with Crippen LogP contribution in [0.3, 0.4) is 0 Å². The molecule has 1 rings (SSSR count). The van der Waals surface area contributed by atoms with Crippen molar-refractivity contribution in [3.05, 3.63) is 40.5 Å². The van der Waals surface area contributed by atoms with Crippen LogP contribution in [0.4, 0.5) is 13.2 Å². The molecular formula is C16H19F3O2S. The van der Waals surface area contributed by atoms with Crippen molar-refractivity contribution < 1.29 is 23.1 Å².